The Bertz CT molecular complexity index is 350. The summed E-state index contributed by atoms with van der Waals surface area (Å²) in [7, 11) is 4.01. The Balaban J connectivity index is 2.41. The van der Waals surface area contributed by atoms with Crippen LogP contribution in [0.3, 0.4) is 0 Å². The number of benzene rings is 1. The quantitative estimate of drug-likeness (QED) is 0.767. The minimum atomic E-state index is -0.531. The lowest BCUT2D eigenvalue weighted by molar-refractivity contribution is 0.0306. The van der Waals surface area contributed by atoms with Crippen LogP contribution in [0.25, 0.3) is 0 Å². The van der Waals surface area contributed by atoms with Crippen molar-refractivity contribution in [3.8, 4) is 0 Å². The lowest BCUT2D eigenvalue weighted by Crippen LogP contribution is -2.19. The molecule has 1 N–H and O–H groups in total. The summed E-state index contributed by atoms with van der Waals surface area (Å²) < 4.78 is 5.44. The molecule has 96 valence electrons. The van der Waals surface area contributed by atoms with Crippen molar-refractivity contribution in [2.45, 2.75) is 20.0 Å². The van der Waals surface area contributed by atoms with E-state index in [0.717, 1.165) is 12.1 Å². The van der Waals surface area contributed by atoms with Gasteiger partial charge in [0.1, 0.15) is 6.10 Å². The van der Waals surface area contributed by atoms with Gasteiger partial charge in [-0.25, -0.2) is 0 Å². The Morgan fingerprint density at radius 2 is 1.94 bits per heavy atom. The Morgan fingerprint density at radius 3 is 2.53 bits per heavy atom. The highest BCUT2D eigenvalue weighted by molar-refractivity contribution is 5.31. The number of nitrogens with zero attached hydrogens (tertiary/aromatic N) is 1. The number of rotatable bonds is 6. The van der Waals surface area contributed by atoms with Gasteiger partial charge in [0.2, 0.25) is 0 Å². The largest absolute Gasteiger partial charge is 0.386 e. The number of aryl methyl sites for hydroxylation is 2. The van der Waals surface area contributed by atoms with Crippen molar-refractivity contribution in [3.05, 3.63) is 34.9 Å². The number of likely N-dealkylation sites (N-methyl/N-ethyl adjacent to an activating group) is 1. The average molecular weight is 237 g/mol. The lowest BCUT2D eigenvalue weighted by Gasteiger charge is -2.14. The van der Waals surface area contributed by atoms with Crippen LogP contribution in [0.2, 0.25) is 0 Å². The third kappa shape index (κ3) is 4.86. The van der Waals surface area contributed by atoms with Crippen molar-refractivity contribution in [1.82, 2.24) is 4.90 Å². The third-order valence-electron chi connectivity index (χ3n) is 2.87. The molecule has 0 aliphatic carbocycles. The van der Waals surface area contributed by atoms with Gasteiger partial charge in [0.15, 0.2) is 0 Å². The van der Waals surface area contributed by atoms with E-state index < -0.39 is 6.10 Å². The predicted molar refractivity (Wildman–Crippen MR) is 70.2 cm³/mol. The SMILES string of the molecule is Cc1ccc(C(O)COCCN(C)C)cc1C. The van der Waals surface area contributed by atoms with Gasteiger partial charge < -0.3 is 14.7 Å². The van der Waals surface area contributed by atoms with Crippen molar-refractivity contribution in [2.24, 2.45) is 0 Å². The summed E-state index contributed by atoms with van der Waals surface area (Å²) in [6.45, 7) is 6.00. The maximum atomic E-state index is 9.96. The zero-order chi connectivity index (χ0) is 12.8. The van der Waals surface area contributed by atoms with Gasteiger partial charge >= 0.3 is 0 Å². The van der Waals surface area contributed by atoms with Crippen LogP contribution in [0.1, 0.15) is 22.8 Å². The van der Waals surface area contributed by atoms with Crippen molar-refractivity contribution in [2.75, 3.05) is 33.9 Å². The number of aliphatic hydroxyl groups is 1. The summed E-state index contributed by atoms with van der Waals surface area (Å²) in [5.74, 6) is 0. The molecular formula is C14H23NO2. The van der Waals surface area contributed by atoms with Gasteiger partial charge in [-0.15, -0.1) is 0 Å². The van der Waals surface area contributed by atoms with Gasteiger partial charge in [-0.1, -0.05) is 18.2 Å². The third-order valence-corrected chi connectivity index (χ3v) is 2.87. The zero-order valence-corrected chi connectivity index (χ0v) is 11.2. The van der Waals surface area contributed by atoms with E-state index in [1.807, 2.05) is 32.3 Å². The highest BCUT2D eigenvalue weighted by Crippen LogP contribution is 2.17. The second kappa shape index (κ2) is 6.74. The highest BCUT2D eigenvalue weighted by Gasteiger charge is 2.08. The van der Waals surface area contributed by atoms with Crippen LogP contribution in [-0.2, 0) is 4.74 Å². The van der Waals surface area contributed by atoms with Gasteiger partial charge in [0.05, 0.1) is 13.2 Å². The number of hydrogen-bond donors (Lipinski definition) is 1. The molecule has 0 radical (unpaired) electrons. The first-order chi connectivity index (χ1) is 8.00. The molecule has 3 nitrogen and oxygen atoms in total. The first-order valence-electron chi connectivity index (χ1n) is 5.98. The van der Waals surface area contributed by atoms with E-state index in [4.69, 9.17) is 4.74 Å². The maximum absolute atomic E-state index is 9.96. The van der Waals surface area contributed by atoms with Gasteiger partial charge in [-0.3, -0.25) is 0 Å². The second-order valence-electron chi connectivity index (χ2n) is 4.74. The van der Waals surface area contributed by atoms with Crippen molar-refractivity contribution in [3.63, 3.8) is 0 Å². The van der Waals surface area contributed by atoms with Crippen LogP contribution in [0, 0.1) is 13.8 Å². The molecule has 3 heteroatoms. The van der Waals surface area contributed by atoms with E-state index in [9.17, 15) is 5.11 Å². The lowest BCUT2D eigenvalue weighted by atomic mass is 10.0. The van der Waals surface area contributed by atoms with Crippen molar-refractivity contribution in [1.29, 1.82) is 0 Å². The first-order valence-corrected chi connectivity index (χ1v) is 5.98. The van der Waals surface area contributed by atoms with E-state index in [1.165, 1.54) is 11.1 Å². The van der Waals surface area contributed by atoms with Crippen LogP contribution < -0.4 is 0 Å². The molecule has 0 aliphatic heterocycles. The monoisotopic (exact) mass is 237 g/mol. The maximum Gasteiger partial charge on any atom is 0.102 e. The zero-order valence-electron chi connectivity index (χ0n) is 11.2. The molecule has 0 aliphatic rings. The minimum absolute atomic E-state index is 0.357. The summed E-state index contributed by atoms with van der Waals surface area (Å²) in [4.78, 5) is 2.06. The van der Waals surface area contributed by atoms with Crippen LogP contribution in [0.4, 0.5) is 0 Å². The van der Waals surface area contributed by atoms with E-state index in [2.05, 4.69) is 18.7 Å². The fourth-order valence-electron chi connectivity index (χ4n) is 1.51. The van der Waals surface area contributed by atoms with Crippen LogP contribution in [0.15, 0.2) is 18.2 Å². The standard InChI is InChI=1S/C14H23NO2/c1-11-5-6-13(9-12(11)2)14(16)10-17-8-7-15(3)4/h5-6,9,14,16H,7-8,10H2,1-4H3. The van der Waals surface area contributed by atoms with Gasteiger partial charge in [-0.05, 0) is 44.6 Å². The molecule has 1 aromatic carbocycles. The summed E-state index contributed by atoms with van der Waals surface area (Å²) in [6.07, 6.45) is -0.531. The molecular weight excluding hydrogens is 214 g/mol. The van der Waals surface area contributed by atoms with Crippen LogP contribution in [-0.4, -0.2) is 43.9 Å². The number of ether oxygens (including phenoxy) is 1. The first kappa shape index (κ1) is 14.2. The Labute approximate surface area is 104 Å². The minimum Gasteiger partial charge on any atom is -0.386 e. The number of aliphatic hydroxyl groups excluding tert-OH is 1. The predicted octanol–water partition coefficient (Wildman–Crippen LogP) is 1.92. The van der Waals surface area contributed by atoms with E-state index >= 15 is 0 Å². The molecule has 0 spiro atoms. The van der Waals surface area contributed by atoms with Crippen molar-refractivity contribution >= 4 is 0 Å². The molecule has 1 rings (SSSR count). The van der Waals surface area contributed by atoms with E-state index in [1.54, 1.807) is 0 Å². The molecule has 0 amide bonds. The molecule has 0 saturated carbocycles. The smallest absolute Gasteiger partial charge is 0.102 e. The Hall–Kier alpha value is -0.900. The molecule has 1 unspecified atom stereocenters. The van der Waals surface area contributed by atoms with E-state index in [-0.39, 0.29) is 0 Å². The summed E-state index contributed by atoms with van der Waals surface area (Å²) in [6, 6.07) is 6.02. The summed E-state index contributed by atoms with van der Waals surface area (Å²) in [5, 5.41) is 9.96. The van der Waals surface area contributed by atoms with Gasteiger partial charge in [-0.2, -0.15) is 0 Å². The molecule has 0 aromatic heterocycles. The normalized spacial score (nSPS) is 13.1. The summed E-state index contributed by atoms with van der Waals surface area (Å²) >= 11 is 0. The van der Waals surface area contributed by atoms with Crippen LogP contribution >= 0.6 is 0 Å². The molecule has 17 heavy (non-hydrogen) atoms. The fourth-order valence-corrected chi connectivity index (χ4v) is 1.51. The highest BCUT2D eigenvalue weighted by atomic mass is 16.5. The van der Waals surface area contributed by atoms with Crippen LogP contribution in [0.5, 0.6) is 0 Å². The van der Waals surface area contributed by atoms with Crippen molar-refractivity contribution < 1.29 is 9.84 Å². The summed E-state index contributed by atoms with van der Waals surface area (Å²) in [5.41, 5.74) is 3.38. The molecule has 1 atom stereocenters. The molecule has 0 heterocycles. The van der Waals surface area contributed by atoms with Gasteiger partial charge in [0, 0.05) is 6.54 Å². The molecule has 0 fully saturated rings. The Morgan fingerprint density at radius 1 is 1.24 bits per heavy atom. The number of hydrogen-bond acceptors (Lipinski definition) is 3. The van der Waals surface area contributed by atoms with E-state index in [0.29, 0.717) is 13.2 Å². The van der Waals surface area contributed by atoms with Gasteiger partial charge in [0.25, 0.3) is 0 Å². The fraction of sp³-hybridized carbons (Fsp3) is 0.571. The molecule has 1 aromatic rings. The second-order valence-corrected chi connectivity index (χ2v) is 4.74. The Kier molecular flexibility index (Phi) is 5.62. The molecule has 0 bridgehead atoms. The average Bonchev–Trinajstić information content (AvgIpc) is 2.27. The molecule has 0 saturated heterocycles. The topological polar surface area (TPSA) is 32.7 Å².